The van der Waals surface area contributed by atoms with Gasteiger partial charge in [0.25, 0.3) is 0 Å². The average Bonchev–Trinajstić information content (AvgIpc) is 3.23. The Kier molecular flexibility index (Phi) is 4.88. The van der Waals surface area contributed by atoms with Crippen LogP contribution in [0.25, 0.3) is 28.0 Å². The summed E-state index contributed by atoms with van der Waals surface area (Å²) in [7, 11) is 0. The van der Waals surface area contributed by atoms with Crippen molar-refractivity contribution in [2.24, 2.45) is 0 Å². The highest BCUT2D eigenvalue weighted by molar-refractivity contribution is 5.92. The minimum atomic E-state index is 0.153. The molecule has 0 saturated heterocycles. The number of fused-ring (bicyclic) bond motifs is 1. The van der Waals surface area contributed by atoms with E-state index >= 15 is 0 Å². The van der Waals surface area contributed by atoms with Crippen molar-refractivity contribution >= 4 is 23.4 Å². The molecule has 0 bridgehead atoms. The second kappa shape index (κ2) is 8.01. The van der Waals surface area contributed by atoms with Gasteiger partial charge >= 0.3 is 0 Å². The summed E-state index contributed by atoms with van der Waals surface area (Å²) in [5.41, 5.74) is 11.8. The molecular weight excluding hydrogens is 414 g/mol. The Balaban J connectivity index is 1.82. The summed E-state index contributed by atoms with van der Waals surface area (Å²) in [5, 5.41) is 17.3. The number of anilines is 3. The second-order valence-corrected chi connectivity index (χ2v) is 7.50. The molecular formula is C24H19N9. The van der Waals surface area contributed by atoms with Crippen molar-refractivity contribution in [2.75, 3.05) is 11.1 Å². The molecule has 9 nitrogen and oxygen atoms in total. The van der Waals surface area contributed by atoms with Gasteiger partial charge < -0.3 is 11.1 Å². The number of rotatable bonds is 4. The zero-order valence-electron chi connectivity index (χ0n) is 18.0. The van der Waals surface area contributed by atoms with E-state index in [0.29, 0.717) is 39.8 Å². The number of nitriles is 1. The molecule has 0 saturated carbocycles. The van der Waals surface area contributed by atoms with Gasteiger partial charge in [-0.3, -0.25) is 4.98 Å². The van der Waals surface area contributed by atoms with E-state index in [9.17, 15) is 5.26 Å². The van der Waals surface area contributed by atoms with Crippen LogP contribution in [0.15, 0.2) is 60.8 Å². The van der Waals surface area contributed by atoms with Crippen LogP contribution in [0.5, 0.6) is 0 Å². The number of nitrogens with two attached hydrogens (primary N) is 1. The number of aromatic nitrogens is 6. The fourth-order valence-electron chi connectivity index (χ4n) is 3.79. The van der Waals surface area contributed by atoms with E-state index in [0.717, 1.165) is 17.0 Å². The molecule has 4 aromatic heterocycles. The molecule has 3 N–H and O–H groups in total. The highest BCUT2D eigenvalue weighted by atomic mass is 15.4. The van der Waals surface area contributed by atoms with Gasteiger partial charge in [0.15, 0.2) is 5.65 Å². The van der Waals surface area contributed by atoms with Crippen LogP contribution in [0.1, 0.15) is 17.0 Å². The molecule has 4 heterocycles. The molecule has 5 rings (SSSR count). The van der Waals surface area contributed by atoms with Crippen LogP contribution in [0.2, 0.25) is 0 Å². The van der Waals surface area contributed by atoms with Gasteiger partial charge in [-0.05, 0) is 49.7 Å². The minimum absolute atomic E-state index is 0.153. The molecule has 33 heavy (non-hydrogen) atoms. The fourth-order valence-corrected chi connectivity index (χ4v) is 3.79. The average molecular weight is 433 g/mol. The van der Waals surface area contributed by atoms with Crippen molar-refractivity contribution in [3.63, 3.8) is 0 Å². The molecule has 0 amide bonds. The third-order valence-electron chi connectivity index (χ3n) is 5.09. The van der Waals surface area contributed by atoms with Crippen molar-refractivity contribution in [1.29, 1.82) is 5.26 Å². The van der Waals surface area contributed by atoms with E-state index in [1.807, 2.05) is 62.4 Å². The highest BCUT2D eigenvalue weighted by Gasteiger charge is 2.22. The number of hydrogen-bond donors (Lipinski definition) is 2. The summed E-state index contributed by atoms with van der Waals surface area (Å²) in [4.78, 5) is 18.1. The zero-order chi connectivity index (χ0) is 22.9. The molecule has 0 spiro atoms. The van der Waals surface area contributed by atoms with E-state index in [-0.39, 0.29) is 5.95 Å². The minimum Gasteiger partial charge on any atom is -0.368 e. The van der Waals surface area contributed by atoms with Crippen molar-refractivity contribution in [3.05, 3.63) is 77.7 Å². The Hall–Kier alpha value is -4.84. The van der Waals surface area contributed by atoms with E-state index in [1.165, 1.54) is 4.52 Å². The lowest BCUT2D eigenvalue weighted by Gasteiger charge is -2.13. The van der Waals surface area contributed by atoms with Gasteiger partial charge in [0.1, 0.15) is 5.82 Å². The first-order chi connectivity index (χ1) is 16.0. The lowest BCUT2D eigenvalue weighted by Crippen LogP contribution is -2.06. The number of nitrogen functional groups attached to an aromatic ring is 1. The maximum Gasteiger partial charge on any atom is 0.248 e. The number of nitrogens with one attached hydrogen (secondary N) is 1. The monoisotopic (exact) mass is 433 g/mol. The summed E-state index contributed by atoms with van der Waals surface area (Å²) in [6.45, 7) is 3.86. The van der Waals surface area contributed by atoms with Gasteiger partial charge in [-0.1, -0.05) is 24.3 Å². The summed E-state index contributed by atoms with van der Waals surface area (Å²) in [5.74, 6) is 1.09. The van der Waals surface area contributed by atoms with Gasteiger partial charge in [0.2, 0.25) is 11.9 Å². The smallest absolute Gasteiger partial charge is 0.248 e. The normalized spacial score (nSPS) is 10.8. The highest BCUT2D eigenvalue weighted by Crippen LogP contribution is 2.37. The molecule has 0 aliphatic heterocycles. The molecule has 0 atom stereocenters. The van der Waals surface area contributed by atoms with Crippen LogP contribution in [0.3, 0.4) is 0 Å². The first-order valence-corrected chi connectivity index (χ1v) is 10.2. The molecule has 0 fully saturated rings. The summed E-state index contributed by atoms with van der Waals surface area (Å²) < 4.78 is 1.49. The first-order valence-electron chi connectivity index (χ1n) is 10.2. The molecule has 1 aromatic carbocycles. The third kappa shape index (κ3) is 3.70. The SMILES string of the molecule is Cc1cc(-c2c(-c3ccccc3C#N)nc(N)n3nc(Nc4ccccn4)nc23)cc(C)n1. The van der Waals surface area contributed by atoms with Gasteiger partial charge in [-0.15, -0.1) is 5.10 Å². The van der Waals surface area contributed by atoms with Gasteiger partial charge in [-0.2, -0.15) is 14.8 Å². The van der Waals surface area contributed by atoms with E-state index in [2.05, 4.69) is 31.4 Å². The topological polar surface area (TPSA) is 131 Å². The van der Waals surface area contributed by atoms with Crippen LogP contribution < -0.4 is 11.1 Å². The number of nitrogens with zero attached hydrogens (tertiary/aromatic N) is 7. The van der Waals surface area contributed by atoms with Crippen LogP contribution in [0.4, 0.5) is 17.7 Å². The molecule has 9 heteroatoms. The third-order valence-corrected chi connectivity index (χ3v) is 5.09. The quantitative estimate of drug-likeness (QED) is 0.434. The lowest BCUT2D eigenvalue weighted by molar-refractivity contribution is 0.944. The maximum absolute atomic E-state index is 9.71. The molecule has 0 unspecified atom stereocenters. The molecule has 0 aliphatic carbocycles. The fraction of sp³-hybridized carbons (Fsp3) is 0.0833. The van der Waals surface area contributed by atoms with Crippen LogP contribution >= 0.6 is 0 Å². The molecule has 160 valence electrons. The summed E-state index contributed by atoms with van der Waals surface area (Å²) in [6, 6.07) is 19.0. The van der Waals surface area contributed by atoms with Crippen molar-refractivity contribution in [1.82, 2.24) is 29.5 Å². The van der Waals surface area contributed by atoms with E-state index < -0.39 is 0 Å². The summed E-state index contributed by atoms with van der Waals surface area (Å²) >= 11 is 0. The lowest BCUT2D eigenvalue weighted by atomic mass is 9.96. The van der Waals surface area contributed by atoms with Gasteiger partial charge in [0, 0.05) is 23.1 Å². The predicted molar refractivity (Wildman–Crippen MR) is 126 cm³/mol. The molecule has 0 radical (unpaired) electrons. The standard InChI is InChI=1S/C24H19N9/c1-14-11-17(12-15(2)28-14)20-21(18-8-4-3-7-16(18)13-25)30-23(26)33-22(20)31-24(32-33)29-19-9-5-6-10-27-19/h3-12H,1-2H3,(H2,26,30)(H,27,29,32). The van der Waals surface area contributed by atoms with Crippen LogP contribution in [0, 0.1) is 25.2 Å². The Morgan fingerprint density at radius 2 is 1.73 bits per heavy atom. The predicted octanol–water partition coefficient (Wildman–Crippen LogP) is 4.06. The Morgan fingerprint density at radius 3 is 2.45 bits per heavy atom. The van der Waals surface area contributed by atoms with Crippen LogP contribution in [-0.4, -0.2) is 29.5 Å². The van der Waals surface area contributed by atoms with Gasteiger partial charge in [-0.25, -0.2) is 9.97 Å². The van der Waals surface area contributed by atoms with E-state index in [1.54, 1.807) is 12.3 Å². The van der Waals surface area contributed by atoms with Crippen molar-refractivity contribution < 1.29 is 0 Å². The first kappa shape index (κ1) is 20.1. The largest absolute Gasteiger partial charge is 0.368 e. The number of hydrogen-bond acceptors (Lipinski definition) is 8. The Labute approximate surface area is 189 Å². The number of pyridine rings is 2. The zero-order valence-corrected chi connectivity index (χ0v) is 18.0. The van der Waals surface area contributed by atoms with Crippen molar-refractivity contribution in [2.45, 2.75) is 13.8 Å². The van der Waals surface area contributed by atoms with Crippen molar-refractivity contribution in [3.8, 4) is 28.5 Å². The number of benzene rings is 1. The van der Waals surface area contributed by atoms with Crippen LogP contribution in [-0.2, 0) is 0 Å². The second-order valence-electron chi connectivity index (χ2n) is 7.50. The Morgan fingerprint density at radius 1 is 0.970 bits per heavy atom. The molecule has 5 aromatic rings. The Bertz CT molecular complexity index is 1510. The summed E-state index contributed by atoms with van der Waals surface area (Å²) in [6.07, 6.45) is 1.68. The maximum atomic E-state index is 9.71. The number of aryl methyl sites for hydroxylation is 2. The molecule has 0 aliphatic rings. The van der Waals surface area contributed by atoms with E-state index in [4.69, 9.17) is 10.7 Å². The van der Waals surface area contributed by atoms with Gasteiger partial charge in [0.05, 0.1) is 22.9 Å².